The van der Waals surface area contributed by atoms with Gasteiger partial charge in [-0.3, -0.25) is 4.72 Å². The third-order valence-corrected chi connectivity index (χ3v) is 6.27. The molecule has 0 atom stereocenters. The predicted octanol–water partition coefficient (Wildman–Crippen LogP) is 2.92. The molecule has 0 spiro atoms. The fraction of sp³-hybridized carbons (Fsp3) is 0.190. The second-order valence-electron chi connectivity index (χ2n) is 6.99. The van der Waals surface area contributed by atoms with Gasteiger partial charge in [-0.05, 0) is 36.8 Å². The summed E-state index contributed by atoms with van der Waals surface area (Å²) in [5, 5.41) is 18.2. The lowest BCUT2D eigenvalue weighted by atomic mass is 10.1. The minimum Gasteiger partial charge on any atom is -0.384 e. The number of aryl methyl sites for hydroxylation is 1. The Balaban J connectivity index is 1.66. The Morgan fingerprint density at radius 1 is 1.29 bits per heavy atom. The normalized spacial score (nSPS) is 11.5. The van der Waals surface area contributed by atoms with E-state index >= 15 is 0 Å². The summed E-state index contributed by atoms with van der Waals surface area (Å²) in [4.78, 5) is 3.08. The van der Waals surface area contributed by atoms with Crippen LogP contribution in [-0.4, -0.2) is 42.1 Å². The quantitative estimate of drug-likeness (QED) is 0.459. The van der Waals surface area contributed by atoms with Gasteiger partial charge in [-0.25, -0.2) is 13.1 Å². The molecule has 0 radical (unpaired) electrons. The SMILES string of the molecule is COCCc1cn(-c2cccc(S(=O)(=O)Nc3ccc(C)c4c(C#N)c[nH]c34)c2)nn1. The van der Waals surface area contributed by atoms with Gasteiger partial charge in [0.1, 0.15) is 6.07 Å². The molecule has 10 heteroatoms. The molecule has 0 saturated carbocycles. The molecule has 31 heavy (non-hydrogen) atoms. The highest BCUT2D eigenvalue weighted by molar-refractivity contribution is 7.92. The maximum atomic E-state index is 13.1. The first-order valence-electron chi connectivity index (χ1n) is 9.47. The summed E-state index contributed by atoms with van der Waals surface area (Å²) < 4.78 is 35.4. The Bertz CT molecular complexity index is 1400. The number of benzene rings is 2. The lowest BCUT2D eigenvalue weighted by molar-refractivity contribution is 0.201. The molecule has 0 bridgehead atoms. The van der Waals surface area contributed by atoms with Gasteiger partial charge in [0.2, 0.25) is 0 Å². The van der Waals surface area contributed by atoms with Crippen LogP contribution in [0.5, 0.6) is 0 Å². The van der Waals surface area contributed by atoms with Gasteiger partial charge in [0.05, 0.1) is 45.8 Å². The Hall–Kier alpha value is -3.68. The van der Waals surface area contributed by atoms with Crippen molar-refractivity contribution in [1.29, 1.82) is 5.26 Å². The number of hydrogen-bond acceptors (Lipinski definition) is 6. The molecule has 0 fully saturated rings. The molecule has 2 heterocycles. The number of ether oxygens (including phenoxy) is 1. The standard InChI is InChI=1S/C21H20N6O3S/c1-14-6-7-19(21-20(14)15(11-22)12-23-21)25-31(28,29)18-5-3-4-17(10-18)27-13-16(24-26-27)8-9-30-2/h3-7,10,12-13,23,25H,8-9H2,1-2H3. The molecule has 0 saturated heterocycles. The van der Waals surface area contributed by atoms with Gasteiger partial charge in [-0.2, -0.15) is 5.26 Å². The minimum absolute atomic E-state index is 0.0831. The molecule has 2 aromatic heterocycles. The van der Waals surface area contributed by atoms with Gasteiger partial charge in [0, 0.05) is 25.1 Å². The Morgan fingerprint density at radius 2 is 2.13 bits per heavy atom. The largest absolute Gasteiger partial charge is 0.384 e. The van der Waals surface area contributed by atoms with Crippen LogP contribution in [-0.2, 0) is 21.2 Å². The lowest BCUT2D eigenvalue weighted by Gasteiger charge is -2.11. The van der Waals surface area contributed by atoms with Crippen LogP contribution < -0.4 is 4.72 Å². The monoisotopic (exact) mass is 436 g/mol. The molecule has 0 aliphatic carbocycles. The molecular weight excluding hydrogens is 416 g/mol. The summed E-state index contributed by atoms with van der Waals surface area (Å²) in [7, 11) is -2.27. The van der Waals surface area contributed by atoms with Crippen LogP contribution in [0, 0.1) is 18.3 Å². The van der Waals surface area contributed by atoms with E-state index in [2.05, 4.69) is 26.1 Å². The molecule has 0 aliphatic rings. The second-order valence-corrected chi connectivity index (χ2v) is 8.68. The summed E-state index contributed by atoms with van der Waals surface area (Å²) in [5.74, 6) is 0. The van der Waals surface area contributed by atoms with E-state index in [9.17, 15) is 13.7 Å². The average molecular weight is 436 g/mol. The van der Waals surface area contributed by atoms with Gasteiger partial charge >= 0.3 is 0 Å². The first-order valence-corrected chi connectivity index (χ1v) is 11.0. The number of sulfonamides is 1. The molecule has 158 valence electrons. The van der Waals surface area contributed by atoms with Crippen LogP contribution in [0.15, 0.2) is 53.7 Å². The summed E-state index contributed by atoms with van der Waals surface area (Å²) in [6.07, 6.45) is 3.92. The third-order valence-electron chi connectivity index (χ3n) is 4.90. The van der Waals surface area contributed by atoms with Crippen molar-refractivity contribution in [2.45, 2.75) is 18.2 Å². The van der Waals surface area contributed by atoms with Crippen molar-refractivity contribution in [3.63, 3.8) is 0 Å². The smallest absolute Gasteiger partial charge is 0.262 e. The predicted molar refractivity (Wildman–Crippen MR) is 115 cm³/mol. The molecule has 0 aliphatic heterocycles. The first-order chi connectivity index (χ1) is 14.9. The highest BCUT2D eigenvalue weighted by Gasteiger charge is 2.19. The van der Waals surface area contributed by atoms with Crippen molar-refractivity contribution in [3.8, 4) is 11.8 Å². The number of nitrogens with one attached hydrogen (secondary N) is 2. The van der Waals surface area contributed by atoms with Gasteiger partial charge in [-0.1, -0.05) is 17.3 Å². The number of aromatic amines is 1. The van der Waals surface area contributed by atoms with E-state index in [0.717, 1.165) is 11.3 Å². The Labute approximate surface area is 179 Å². The van der Waals surface area contributed by atoms with E-state index in [1.807, 2.05) is 6.92 Å². The van der Waals surface area contributed by atoms with Crippen molar-refractivity contribution in [1.82, 2.24) is 20.0 Å². The van der Waals surface area contributed by atoms with Crippen LogP contribution >= 0.6 is 0 Å². The van der Waals surface area contributed by atoms with Crippen molar-refractivity contribution >= 4 is 26.6 Å². The van der Waals surface area contributed by atoms with Gasteiger partial charge < -0.3 is 9.72 Å². The fourth-order valence-corrected chi connectivity index (χ4v) is 4.45. The number of anilines is 1. The van der Waals surface area contributed by atoms with Gasteiger partial charge in [-0.15, -0.1) is 5.10 Å². The zero-order chi connectivity index (χ0) is 22.0. The van der Waals surface area contributed by atoms with E-state index in [1.54, 1.807) is 43.8 Å². The molecule has 4 aromatic rings. The molecule has 2 N–H and O–H groups in total. The maximum Gasteiger partial charge on any atom is 0.262 e. The zero-order valence-electron chi connectivity index (χ0n) is 17.0. The van der Waals surface area contributed by atoms with Crippen molar-refractivity contribution in [2.75, 3.05) is 18.4 Å². The number of methoxy groups -OCH3 is 1. The first kappa shape index (κ1) is 20.6. The van der Waals surface area contributed by atoms with Gasteiger partial charge in [0.15, 0.2) is 0 Å². The van der Waals surface area contributed by atoms with Crippen LogP contribution in [0.3, 0.4) is 0 Å². The summed E-state index contributed by atoms with van der Waals surface area (Å²) >= 11 is 0. The maximum absolute atomic E-state index is 13.1. The Morgan fingerprint density at radius 3 is 2.90 bits per heavy atom. The average Bonchev–Trinajstić information content (AvgIpc) is 3.42. The van der Waals surface area contributed by atoms with Crippen molar-refractivity contribution < 1.29 is 13.2 Å². The minimum atomic E-state index is -3.89. The van der Waals surface area contributed by atoms with Crippen LogP contribution in [0.2, 0.25) is 0 Å². The van der Waals surface area contributed by atoms with Crippen LogP contribution in [0.1, 0.15) is 16.8 Å². The number of nitriles is 1. The molecule has 0 amide bonds. The van der Waals surface area contributed by atoms with Crippen molar-refractivity contribution in [2.24, 2.45) is 0 Å². The van der Waals surface area contributed by atoms with Crippen molar-refractivity contribution in [3.05, 3.63) is 65.6 Å². The molecule has 2 aromatic carbocycles. The molecule has 9 nitrogen and oxygen atoms in total. The highest BCUT2D eigenvalue weighted by Crippen LogP contribution is 2.30. The molecular formula is C21H20N6O3S. The van der Waals surface area contributed by atoms with Gasteiger partial charge in [0.25, 0.3) is 10.0 Å². The topological polar surface area (TPSA) is 126 Å². The summed E-state index contributed by atoms with van der Waals surface area (Å²) in [5.41, 5.74) is 3.60. The number of aromatic nitrogens is 4. The third kappa shape index (κ3) is 4.01. The summed E-state index contributed by atoms with van der Waals surface area (Å²) in [6, 6.07) is 12.0. The number of rotatable bonds is 7. The van der Waals surface area contributed by atoms with E-state index in [1.165, 1.54) is 16.8 Å². The number of hydrogen-bond donors (Lipinski definition) is 2. The molecule has 4 rings (SSSR count). The number of fused-ring (bicyclic) bond motifs is 1. The number of nitrogens with zero attached hydrogens (tertiary/aromatic N) is 4. The fourth-order valence-electron chi connectivity index (χ4n) is 3.34. The molecule has 0 unspecified atom stereocenters. The lowest BCUT2D eigenvalue weighted by Crippen LogP contribution is -2.14. The zero-order valence-corrected chi connectivity index (χ0v) is 17.8. The highest BCUT2D eigenvalue weighted by atomic mass is 32.2. The van der Waals surface area contributed by atoms with E-state index in [-0.39, 0.29) is 4.90 Å². The van der Waals surface area contributed by atoms with Crippen LogP contribution in [0.25, 0.3) is 16.6 Å². The number of H-pyrrole nitrogens is 1. The van der Waals surface area contributed by atoms with E-state index in [0.29, 0.717) is 40.9 Å². The van der Waals surface area contributed by atoms with E-state index in [4.69, 9.17) is 4.74 Å². The summed E-state index contributed by atoms with van der Waals surface area (Å²) in [6.45, 7) is 2.39. The Kier molecular flexibility index (Phi) is 5.46. The second kappa shape index (κ2) is 8.22. The van der Waals surface area contributed by atoms with E-state index < -0.39 is 10.0 Å². The van der Waals surface area contributed by atoms with Crippen LogP contribution in [0.4, 0.5) is 5.69 Å².